The number of hydrogen-bond acceptors (Lipinski definition) is 2. The molecule has 7 heteroatoms. The Balaban J connectivity index is 1.75. The van der Waals surface area contributed by atoms with E-state index in [0.29, 0.717) is 0 Å². The molecule has 1 saturated heterocycles. The van der Waals surface area contributed by atoms with E-state index in [1.807, 2.05) is 0 Å². The van der Waals surface area contributed by atoms with Crippen molar-refractivity contribution in [3.8, 4) is 5.75 Å². The van der Waals surface area contributed by atoms with Crippen molar-refractivity contribution in [2.75, 3.05) is 13.1 Å². The molecule has 0 radical (unpaired) electrons. The summed E-state index contributed by atoms with van der Waals surface area (Å²) in [6.07, 6.45) is 0.175. The molecule has 1 spiro atoms. The van der Waals surface area contributed by atoms with Gasteiger partial charge in [-0.05, 0) is 25.0 Å². The van der Waals surface area contributed by atoms with Crippen molar-refractivity contribution in [3.05, 3.63) is 29.3 Å². The third-order valence-corrected chi connectivity index (χ3v) is 4.52. The number of likely N-dealkylation sites (tertiary alicyclic amines) is 1. The summed E-state index contributed by atoms with van der Waals surface area (Å²) >= 11 is 0. The smallest absolute Gasteiger partial charge is 0.256 e. The lowest BCUT2D eigenvalue weighted by molar-refractivity contribution is 0.0282. The van der Waals surface area contributed by atoms with Gasteiger partial charge in [0, 0.05) is 24.9 Å². The van der Waals surface area contributed by atoms with Crippen molar-refractivity contribution < 1.29 is 27.5 Å². The molecule has 0 bridgehead atoms. The van der Waals surface area contributed by atoms with E-state index in [4.69, 9.17) is 0 Å². The molecule has 1 aliphatic heterocycles. The molecule has 1 aromatic carbocycles. The number of piperidine rings is 1. The molecule has 1 heterocycles. The van der Waals surface area contributed by atoms with E-state index in [-0.39, 0.29) is 32.4 Å². The molecule has 2 aliphatic rings. The number of alkyl halides is 2. The monoisotopic (exact) mass is 303 g/mol. The molecule has 114 valence electrons. The minimum Gasteiger partial charge on any atom is -0.503 e. The quantitative estimate of drug-likeness (QED) is 0.810. The Morgan fingerprint density at radius 1 is 1.19 bits per heavy atom. The first-order valence-corrected chi connectivity index (χ1v) is 6.61. The van der Waals surface area contributed by atoms with Gasteiger partial charge in [-0.25, -0.2) is 17.6 Å². The Bertz CT molecular complexity index is 609. The number of phenolic OH excluding ortho intramolecular Hbond substituents is 1. The topological polar surface area (TPSA) is 40.5 Å². The average molecular weight is 303 g/mol. The number of benzene rings is 1. The normalized spacial score (nSPS) is 22.4. The summed E-state index contributed by atoms with van der Waals surface area (Å²) in [5.74, 6) is -7.07. The highest BCUT2D eigenvalue weighted by Gasteiger charge is 2.70. The van der Waals surface area contributed by atoms with Crippen molar-refractivity contribution >= 4 is 5.91 Å². The maximum Gasteiger partial charge on any atom is 0.256 e. The maximum absolute atomic E-state index is 13.7. The van der Waals surface area contributed by atoms with E-state index in [1.165, 1.54) is 4.90 Å². The largest absolute Gasteiger partial charge is 0.503 e. The van der Waals surface area contributed by atoms with Crippen molar-refractivity contribution in [2.24, 2.45) is 5.41 Å². The lowest BCUT2D eigenvalue weighted by atomic mass is 9.92. The van der Waals surface area contributed by atoms with Gasteiger partial charge in [0.1, 0.15) is 0 Å². The number of carbonyl (C=O) groups is 1. The number of carbonyl (C=O) groups excluding carboxylic acids is 1. The predicted octanol–water partition coefficient (Wildman–Crippen LogP) is 2.93. The van der Waals surface area contributed by atoms with Gasteiger partial charge < -0.3 is 10.0 Å². The highest BCUT2D eigenvalue weighted by atomic mass is 19.3. The van der Waals surface area contributed by atoms with E-state index in [1.54, 1.807) is 0 Å². The van der Waals surface area contributed by atoms with Crippen LogP contribution in [0.3, 0.4) is 0 Å². The van der Waals surface area contributed by atoms with Crippen molar-refractivity contribution in [2.45, 2.75) is 25.2 Å². The summed E-state index contributed by atoms with van der Waals surface area (Å²) in [6, 6.07) is 1.74. The Kier molecular flexibility index (Phi) is 2.93. The molecule has 0 atom stereocenters. The molecule has 1 aliphatic carbocycles. The van der Waals surface area contributed by atoms with E-state index >= 15 is 0 Å². The zero-order chi connectivity index (χ0) is 15.4. The third-order valence-electron chi connectivity index (χ3n) is 4.52. The number of halogens is 4. The second-order valence-corrected chi connectivity index (χ2v) is 5.71. The summed E-state index contributed by atoms with van der Waals surface area (Å²) < 4.78 is 53.2. The molecule has 1 saturated carbocycles. The zero-order valence-corrected chi connectivity index (χ0v) is 11.0. The van der Waals surface area contributed by atoms with Gasteiger partial charge in [0.05, 0.1) is 5.56 Å². The van der Waals surface area contributed by atoms with Gasteiger partial charge >= 0.3 is 0 Å². The lowest BCUT2D eigenvalue weighted by Crippen LogP contribution is -2.40. The second-order valence-electron chi connectivity index (χ2n) is 5.71. The Morgan fingerprint density at radius 3 is 2.29 bits per heavy atom. The van der Waals surface area contributed by atoms with Crippen LogP contribution in [0, 0.1) is 17.0 Å². The number of rotatable bonds is 1. The van der Waals surface area contributed by atoms with Gasteiger partial charge in [-0.2, -0.15) is 0 Å². The first-order chi connectivity index (χ1) is 9.77. The second kappa shape index (κ2) is 4.35. The van der Waals surface area contributed by atoms with Gasteiger partial charge in [-0.3, -0.25) is 4.79 Å². The zero-order valence-electron chi connectivity index (χ0n) is 11.0. The van der Waals surface area contributed by atoms with Crippen molar-refractivity contribution in [1.82, 2.24) is 4.90 Å². The highest BCUT2D eigenvalue weighted by Crippen LogP contribution is 2.65. The van der Waals surface area contributed by atoms with E-state index < -0.39 is 40.2 Å². The van der Waals surface area contributed by atoms with E-state index in [2.05, 4.69) is 0 Å². The summed E-state index contributed by atoms with van der Waals surface area (Å²) in [4.78, 5) is 13.4. The molecule has 2 fully saturated rings. The minimum absolute atomic E-state index is 0.103. The van der Waals surface area contributed by atoms with Gasteiger partial charge in [0.25, 0.3) is 11.8 Å². The predicted molar refractivity (Wildman–Crippen MR) is 65.2 cm³/mol. The van der Waals surface area contributed by atoms with Gasteiger partial charge in [-0.15, -0.1) is 0 Å². The summed E-state index contributed by atoms with van der Waals surface area (Å²) in [7, 11) is 0. The van der Waals surface area contributed by atoms with Crippen LogP contribution < -0.4 is 0 Å². The van der Waals surface area contributed by atoms with E-state index in [9.17, 15) is 27.5 Å². The molecule has 0 aromatic heterocycles. The molecule has 3 rings (SSSR count). The molecular weight excluding hydrogens is 290 g/mol. The first kappa shape index (κ1) is 14.2. The Labute approximate surface area is 118 Å². The molecule has 1 N–H and O–H groups in total. The summed E-state index contributed by atoms with van der Waals surface area (Å²) in [5, 5.41) is 9.18. The fraction of sp³-hybridized carbons (Fsp3) is 0.500. The van der Waals surface area contributed by atoms with E-state index in [0.717, 1.165) is 12.1 Å². The van der Waals surface area contributed by atoms with Crippen molar-refractivity contribution in [3.63, 3.8) is 0 Å². The molecule has 3 nitrogen and oxygen atoms in total. The standard InChI is InChI=1S/C14H13F4NO2/c15-9-2-1-8(10(16)11(9)20)12(21)19-5-3-13(4-6-19)7-14(13,17)18/h1-2,20H,3-7H2. The number of amides is 1. The minimum atomic E-state index is -2.67. The van der Waals surface area contributed by atoms with Gasteiger partial charge in [-0.1, -0.05) is 0 Å². The van der Waals surface area contributed by atoms with Crippen LogP contribution in [0.1, 0.15) is 29.6 Å². The van der Waals surface area contributed by atoms with Gasteiger partial charge in [0.15, 0.2) is 17.4 Å². The Morgan fingerprint density at radius 2 is 1.76 bits per heavy atom. The molecule has 1 aromatic rings. The summed E-state index contributed by atoms with van der Waals surface area (Å²) in [5.41, 5.74) is -1.46. The van der Waals surface area contributed by atoms with Crippen LogP contribution in [0.4, 0.5) is 17.6 Å². The van der Waals surface area contributed by atoms with Crippen LogP contribution in [0.5, 0.6) is 5.75 Å². The average Bonchev–Trinajstić information content (AvgIpc) is 2.97. The van der Waals surface area contributed by atoms with Crippen LogP contribution in [0.15, 0.2) is 12.1 Å². The highest BCUT2D eigenvalue weighted by molar-refractivity contribution is 5.95. The molecule has 21 heavy (non-hydrogen) atoms. The SMILES string of the molecule is O=C(c1ccc(F)c(O)c1F)N1CCC2(CC1)CC2(F)F. The van der Waals surface area contributed by atoms with Crippen LogP contribution in [0.25, 0.3) is 0 Å². The molecule has 1 amide bonds. The maximum atomic E-state index is 13.7. The third kappa shape index (κ3) is 2.06. The number of phenols is 1. The summed E-state index contributed by atoms with van der Waals surface area (Å²) in [6.45, 7) is 0.206. The first-order valence-electron chi connectivity index (χ1n) is 6.61. The fourth-order valence-electron chi connectivity index (χ4n) is 2.94. The fourth-order valence-corrected chi connectivity index (χ4v) is 2.94. The van der Waals surface area contributed by atoms with Crippen LogP contribution >= 0.6 is 0 Å². The molecule has 0 unspecified atom stereocenters. The Hall–Kier alpha value is -1.79. The van der Waals surface area contributed by atoms with Crippen molar-refractivity contribution in [1.29, 1.82) is 0 Å². The number of hydrogen-bond donors (Lipinski definition) is 1. The number of nitrogens with zero attached hydrogens (tertiary/aromatic N) is 1. The van der Waals surface area contributed by atoms with Gasteiger partial charge in [0.2, 0.25) is 0 Å². The van der Waals surface area contributed by atoms with Crippen LogP contribution in [-0.2, 0) is 0 Å². The molecular formula is C14H13F4NO2. The number of aromatic hydroxyl groups is 1. The van der Waals surface area contributed by atoms with Crippen LogP contribution in [-0.4, -0.2) is 34.9 Å². The lowest BCUT2D eigenvalue weighted by Gasteiger charge is -2.32. The van der Waals surface area contributed by atoms with Crippen LogP contribution in [0.2, 0.25) is 0 Å².